The number of nitrogens with zero attached hydrogens (tertiary/aromatic N) is 2. The summed E-state index contributed by atoms with van der Waals surface area (Å²) in [7, 11) is -2.65. The molecule has 8 nitrogen and oxygen atoms in total. The Morgan fingerprint density at radius 3 is 2.18 bits per heavy atom. The predicted octanol–water partition coefficient (Wildman–Crippen LogP) is 4.53. The van der Waals surface area contributed by atoms with Gasteiger partial charge in [0.05, 0.1) is 17.7 Å². The van der Waals surface area contributed by atoms with Crippen LogP contribution < -0.4 is 14.4 Å². The number of rotatable bonds is 10. The summed E-state index contributed by atoms with van der Waals surface area (Å²) in [5.41, 5.74) is 1.65. The first kappa shape index (κ1) is 29.7. The molecule has 9 heteroatoms. The molecule has 0 aromatic heterocycles. The van der Waals surface area contributed by atoms with Gasteiger partial charge < -0.3 is 15.0 Å². The average Bonchev–Trinajstić information content (AvgIpc) is 2.90. The fraction of sp³-hybridized carbons (Fsp3) is 0.333. The van der Waals surface area contributed by atoms with E-state index in [1.807, 2.05) is 52.0 Å². The van der Waals surface area contributed by atoms with Crippen molar-refractivity contribution in [3.05, 3.63) is 90.0 Å². The minimum atomic E-state index is -4.13. The summed E-state index contributed by atoms with van der Waals surface area (Å²) in [6.45, 7) is 8.82. The molecule has 0 saturated heterocycles. The van der Waals surface area contributed by atoms with Crippen LogP contribution in [0.15, 0.2) is 83.8 Å². The SMILES string of the molecule is COc1cccc(N(CC(=O)N(Cc2ccc(C)cc2)[C@H](C)C(=O)NC(C)(C)C)S(=O)(=O)c2ccccc2)c1. The summed E-state index contributed by atoms with van der Waals surface area (Å²) in [6.07, 6.45) is 0. The van der Waals surface area contributed by atoms with Crippen molar-refractivity contribution in [1.29, 1.82) is 0 Å². The molecule has 39 heavy (non-hydrogen) atoms. The number of aryl methyl sites for hydroxylation is 1. The molecule has 0 unspecified atom stereocenters. The maximum atomic E-state index is 14.0. The van der Waals surface area contributed by atoms with Crippen molar-refractivity contribution < 1.29 is 22.7 Å². The highest BCUT2D eigenvalue weighted by molar-refractivity contribution is 7.92. The van der Waals surface area contributed by atoms with E-state index in [9.17, 15) is 18.0 Å². The molecule has 2 amide bonds. The molecule has 0 spiro atoms. The average molecular weight is 552 g/mol. The number of benzene rings is 3. The summed E-state index contributed by atoms with van der Waals surface area (Å²) < 4.78 is 34.0. The van der Waals surface area contributed by atoms with Gasteiger partial charge in [-0.1, -0.05) is 54.1 Å². The minimum absolute atomic E-state index is 0.0456. The number of amides is 2. The number of ether oxygens (including phenoxy) is 1. The predicted molar refractivity (Wildman–Crippen MR) is 153 cm³/mol. The van der Waals surface area contributed by atoms with Gasteiger partial charge in [-0.05, 0) is 64.4 Å². The Bertz CT molecular complexity index is 1380. The number of sulfonamides is 1. The molecule has 0 radical (unpaired) electrons. The lowest BCUT2D eigenvalue weighted by Crippen LogP contribution is -2.54. The smallest absolute Gasteiger partial charge is 0.264 e. The summed E-state index contributed by atoms with van der Waals surface area (Å²) in [6, 6.07) is 21.3. The van der Waals surface area contributed by atoms with Gasteiger partial charge >= 0.3 is 0 Å². The quantitative estimate of drug-likeness (QED) is 0.399. The molecule has 208 valence electrons. The van der Waals surface area contributed by atoms with E-state index in [0.29, 0.717) is 5.75 Å². The molecular formula is C30H37N3O5S. The minimum Gasteiger partial charge on any atom is -0.497 e. The number of carbonyl (C=O) groups is 2. The standard InChI is InChI=1S/C30H37N3O5S/c1-22-15-17-24(18-16-22)20-32(23(2)29(35)31-30(3,4)5)28(34)21-33(25-11-10-12-26(19-25)38-6)39(36,37)27-13-8-7-9-14-27/h7-19,23H,20-21H2,1-6H3,(H,31,35)/t23-/m1/s1. The second-order valence-corrected chi connectivity index (χ2v) is 12.3. The van der Waals surface area contributed by atoms with Crippen LogP contribution in [-0.4, -0.2) is 50.4 Å². The Morgan fingerprint density at radius 2 is 1.59 bits per heavy atom. The molecule has 0 saturated carbocycles. The molecule has 3 aromatic carbocycles. The molecule has 3 aromatic rings. The number of hydrogen-bond donors (Lipinski definition) is 1. The third-order valence-electron chi connectivity index (χ3n) is 6.09. The first-order chi connectivity index (χ1) is 18.3. The Balaban J connectivity index is 2.04. The highest BCUT2D eigenvalue weighted by Crippen LogP contribution is 2.27. The van der Waals surface area contributed by atoms with Crippen molar-refractivity contribution in [3.8, 4) is 5.75 Å². The highest BCUT2D eigenvalue weighted by atomic mass is 32.2. The van der Waals surface area contributed by atoms with Crippen LogP contribution in [0, 0.1) is 6.92 Å². The van der Waals surface area contributed by atoms with Crippen molar-refractivity contribution in [2.75, 3.05) is 18.0 Å². The van der Waals surface area contributed by atoms with E-state index in [4.69, 9.17) is 4.74 Å². The summed E-state index contributed by atoms with van der Waals surface area (Å²) in [5, 5.41) is 2.92. The molecule has 0 bridgehead atoms. The van der Waals surface area contributed by atoms with Gasteiger partial charge in [-0.2, -0.15) is 0 Å². The maximum absolute atomic E-state index is 14.0. The lowest BCUT2D eigenvalue weighted by Gasteiger charge is -2.33. The van der Waals surface area contributed by atoms with E-state index >= 15 is 0 Å². The molecule has 0 aliphatic rings. The Morgan fingerprint density at radius 1 is 0.949 bits per heavy atom. The van der Waals surface area contributed by atoms with Crippen LogP contribution in [0.5, 0.6) is 5.75 Å². The molecule has 0 fully saturated rings. The highest BCUT2D eigenvalue weighted by Gasteiger charge is 2.33. The summed E-state index contributed by atoms with van der Waals surface area (Å²) in [4.78, 5) is 28.6. The number of hydrogen-bond acceptors (Lipinski definition) is 5. The largest absolute Gasteiger partial charge is 0.497 e. The molecule has 3 rings (SSSR count). The van der Waals surface area contributed by atoms with E-state index in [1.165, 1.54) is 24.1 Å². The van der Waals surface area contributed by atoms with Crippen LogP contribution in [0.3, 0.4) is 0 Å². The summed E-state index contributed by atoms with van der Waals surface area (Å²) >= 11 is 0. The van der Waals surface area contributed by atoms with Crippen LogP contribution in [-0.2, 0) is 26.2 Å². The molecule has 1 N–H and O–H groups in total. The van der Waals surface area contributed by atoms with E-state index in [2.05, 4.69) is 5.32 Å². The number of carbonyl (C=O) groups excluding carboxylic acids is 2. The Labute approximate surface area is 231 Å². The number of anilines is 1. The van der Waals surface area contributed by atoms with E-state index in [-0.39, 0.29) is 23.0 Å². The molecule has 1 atom stereocenters. The van der Waals surface area contributed by atoms with E-state index in [1.54, 1.807) is 49.4 Å². The Hall–Kier alpha value is -3.85. The lowest BCUT2D eigenvalue weighted by molar-refractivity contribution is -0.140. The van der Waals surface area contributed by atoms with Gasteiger partial charge in [0, 0.05) is 18.2 Å². The zero-order valence-corrected chi connectivity index (χ0v) is 24.2. The third-order valence-corrected chi connectivity index (χ3v) is 7.88. The van der Waals surface area contributed by atoms with Gasteiger partial charge in [0.15, 0.2) is 0 Å². The van der Waals surface area contributed by atoms with E-state index in [0.717, 1.165) is 15.4 Å². The molecule has 0 aliphatic carbocycles. The van der Waals surface area contributed by atoms with Crippen molar-refractivity contribution in [2.45, 2.75) is 57.6 Å². The van der Waals surface area contributed by atoms with Crippen LogP contribution in [0.4, 0.5) is 5.69 Å². The topological polar surface area (TPSA) is 96.0 Å². The maximum Gasteiger partial charge on any atom is 0.264 e. The van der Waals surface area contributed by atoms with Crippen LogP contribution in [0.1, 0.15) is 38.8 Å². The normalized spacial score (nSPS) is 12.4. The fourth-order valence-electron chi connectivity index (χ4n) is 3.96. The first-order valence-corrected chi connectivity index (χ1v) is 14.1. The fourth-order valence-corrected chi connectivity index (χ4v) is 5.39. The van der Waals surface area contributed by atoms with Gasteiger partial charge in [-0.3, -0.25) is 13.9 Å². The van der Waals surface area contributed by atoms with Crippen molar-refractivity contribution >= 4 is 27.5 Å². The molecule has 0 heterocycles. The van der Waals surface area contributed by atoms with E-state index < -0.39 is 34.1 Å². The van der Waals surface area contributed by atoms with Crippen LogP contribution in [0.2, 0.25) is 0 Å². The van der Waals surface area contributed by atoms with Crippen molar-refractivity contribution in [2.24, 2.45) is 0 Å². The number of nitrogens with one attached hydrogen (secondary N) is 1. The number of methoxy groups -OCH3 is 1. The monoisotopic (exact) mass is 551 g/mol. The van der Waals surface area contributed by atoms with Gasteiger partial charge in [-0.25, -0.2) is 8.42 Å². The molecular weight excluding hydrogens is 514 g/mol. The van der Waals surface area contributed by atoms with Gasteiger partial charge in [-0.15, -0.1) is 0 Å². The van der Waals surface area contributed by atoms with Crippen molar-refractivity contribution in [1.82, 2.24) is 10.2 Å². The first-order valence-electron chi connectivity index (χ1n) is 12.7. The second kappa shape index (κ2) is 12.3. The molecule has 0 aliphatic heterocycles. The van der Waals surface area contributed by atoms with Gasteiger partial charge in [0.1, 0.15) is 18.3 Å². The zero-order valence-electron chi connectivity index (χ0n) is 23.3. The Kier molecular flexibility index (Phi) is 9.40. The van der Waals surface area contributed by atoms with Crippen molar-refractivity contribution in [3.63, 3.8) is 0 Å². The zero-order chi connectivity index (χ0) is 28.8. The lowest BCUT2D eigenvalue weighted by atomic mass is 10.1. The van der Waals surface area contributed by atoms with Crippen LogP contribution in [0.25, 0.3) is 0 Å². The summed E-state index contributed by atoms with van der Waals surface area (Å²) in [5.74, 6) is -0.404. The van der Waals surface area contributed by atoms with Gasteiger partial charge in [0.25, 0.3) is 10.0 Å². The third kappa shape index (κ3) is 7.83. The van der Waals surface area contributed by atoms with Crippen LogP contribution >= 0.6 is 0 Å². The second-order valence-electron chi connectivity index (χ2n) is 10.4. The van der Waals surface area contributed by atoms with Gasteiger partial charge in [0.2, 0.25) is 11.8 Å².